The van der Waals surface area contributed by atoms with Crippen LogP contribution in [0.3, 0.4) is 0 Å². The Morgan fingerprint density at radius 1 is 1.11 bits per heavy atom. The highest BCUT2D eigenvalue weighted by Crippen LogP contribution is 2.26. The number of hydrogen-bond donors (Lipinski definition) is 0. The molecule has 0 spiro atoms. The second-order valence-corrected chi connectivity index (χ2v) is 11.6. The molecule has 0 radical (unpaired) electrons. The molecule has 2 aromatic carbocycles. The van der Waals surface area contributed by atoms with Crippen LogP contribution in [0.2, 0.25) is 0 Å². The van der Waals surface area contributed by atoms with Gasteiger partial charge in [0, 0.05) is 18.5 Å². The molecule has 2 aliphatic heterocycles. The van der Waals surface area contributed by atoms with Gasteiger partial charge >= 0.3 is 0 Å². The van der Waals surface area contributed by atoms with Crippen LogP contribution < -0.4 is 9.64 Å². The van der Waals surface area contributed by atoms with E-state index in [0.29, 0.717) is 30.3 Å². The van der Waals surface area contributed by atoms with E-state index in [1.807, 2.05) is 24.3 Å². The molecule has 186 valence electrons. The third-order valence-corrected chi connectivity index (χ3v) is 8.23. The number of carbonyl (C=O) groups is 2. The number of sulfone groups is 1. The zero-order valence-corrected chi connectivity index (χ0v) is 21.1. The van der Waals surface area contributed by atoms with Gasteiger partial charge in [0.05, 0.1) is 31.2 Å². The number of hydrazone groups is 1. The van der Waals surface area contributed by atoms with E-state index in [1.54, 1.807) is 24.1 Å². The van der Waals surface area contributed by atoms with Crippen LogP contribution >= 0.6 is 0 Å². The van der Waals surface area contributed by atoms with Gasteiger partial charge in [0.1, 0.15) is 11.5 Å². The number of carbonyl (C=O) groups excluding carboxylic acids is 2. The lowest BCUT2D eigenvalue weighted by Crippen LogP contribution is -2.45. The Morgan fingerprint density at radius 2 is 1.80 bits per heavy atom. The highest BCUT2D eigenvalue weighted by molar-refractivity contribution is 7.91. The first-order chi connectivity index (χ1) is 16.7. The molecule has 1 saturated heterocycles. The van der Waals surface area contributed by atoms with Crippen molar-refractivity contribution in [2.75, 3.05) is 23.5 Å². The third-order valence-electron chi connectivity index (χ3n) is 6.48. The summed E-state index contributed by atoms with van der Waals surface area (Å²) in [6.45, 7) is 4.59. The molecule has 1 unspecified atom stereocenters. The molecule has 2 amide bonds. The molecule has 0 bridgehead atoms. The maximum atomic E-state index is 13.7. The van der Waals surface area contributed by atoms with Gasteiger partial charge in [0.25, 0.3) is 5.91 Å². The fourth-order valence-corrected chi connectivity index (χ4v) is 6.06. The minimum Gasteiger partial charge on any atom is -0.497 e. The first kappa shape index (κ1) is 24.9. The zero-order valence-electron chi connectivity index (χ0n) is 20.3. The molecule has 2 aromatic rings. The number of anilines is 1. The summed E-state index contributed by atoms with van der Waals surface area (Å²) in [7, 11) is -1.61. The average Bonchev–Trinajstić information content (AvgIpc) is 3.22. The van der Waals surface area contributed by atoms with Crippen molar-refractivity contribution in [1.29, 1.82) is 0 Å². The van der Waals surface area contributed by atoms with Gasteiger partial charge in [-0.2, -0.15) is 5.10 Å². The lowest BCUT2D eigenvalue weighted by Gasteiger charge is -2.30. The number of amides is 2. The van der Waals surface area contributed by atoms with Gasteiger partial charge in [-0.3, -0.25) is 9.59 Å². The summed E-state index contributed by atoms with van der Waals surface area (Å²) < 4.78 is 29.2. The Hall–Kier alpha value is -3.20. The van der Waals surface area contributed by atoms with Gasteiger partial charge in [-0.15, -0.1) is 0 Å². The monoisotopic (exact) mass is 497 g/mol. The fraction of sp³-hybridized carbons (Fsp3) is 0.423. The van der Waals surface area contributed by atoms with E-state index in [9.17, 15) is 18.0 Å². The molecule has 0 aromatic heterocycles. The van der Waals surface area contributed by atoms with Crippen molar-refractivity contribution in [3.63, 3.8) is 0 Å². The van der Waals surface area contributed by atoms with E-state index in [4.69, 9.17) is 4.74 Å². The smallest absolute Gasteiger partial charge is 0.274 e. The van der Waals surface area contributed by atoms with E-state index >= 15 is 0 Å². The Bertz CT molecular complexity index is 1220. The fourth-order valence-electron chi connectivity index (χ4n) is 4.37. The Morgan fingerprint density at radius 3 is 2.37 bits per heavy atom. The highest BCUT2D eigenvalue weighted by atomic mass is 32.2. The van der Waals surface area contributed by atoms with Gasteiger partial charge in [-0.1, -0.05) is 38.1 Å². The summed E-state index contributed by atoms with van der Waals surface area (Å²) >= 11 is 0. The van der Waals surface area contributed by atoms with Gasteiger partial charge < -0.3 is 9.64 Å². The number of rotatable bonds is 7. The Balaban J connectivity index is 1.64. The lowest BCUT2D eigenvalue weighted by atomic mass is 10.0. The molecule has 0 aliphatic carbocycles. The Kier molecular flexibility index (Phi) is 7.25. The predicted molar refractivity (Wildman–Crippen MR) is 135 cm³/mol. The summed E-state index contributed by atoms with van der Waals surface area (Å²) in [6.07, 6.45) is 0.677. The number of nitrogens with zero attached hydrogens (tertiary/aromatic N) is 3. The van der Waals surface area contributed by atoms with Crippen LogP contribution in [0.25, 0.3) is 0 Å². The van der Waals surface area contributed by atoms with Crippen LogP contribution in [0, 0.1) is 0 Å². The van der Waals surface area contributed by atoms with E-state index in [2.05, 4.69) is 31.1 Å². The van der Waals surface area contributed by atoms with Crippen molar-refractivity contribution in [2.45, 2.75) is 51.6 Å². The van der Waals surface area contributed by atoms with E-state index in [0.717, 1.165) is 5.56 Å². The Labute approximate surface area is 206 Å². The van der Waals surface area contributed by atoms with Gasteiger partial charge in [0.15, 0.2) is 9.84 Å². The van der Waals surface area contributed by atoms with Crippen molar-refractivity contribution in [3.05, 3.63) is 59.7 Å². The molecule has 1 atom stereocenters. The summed E-state index contributed by atoms with van der Waals surface area (Å²) in [4.78, 5) is 27.9. The standard InChI is InChI=1S/C26H31N3O5S/c1-18(2)20-6-4-19(5-7-20)16-28(21-8-10-23(34-3)11-9-21)26(31)24-12-13-25(30)29(27-24)22-14-15-35(32,33)17-22/h4-11,18,22H,12-17H2,1-3H3. The second kappa shape index (κ2) is 10.2. The maximum absolute atomic E-state index is 13.7. The molecule has 0 saturated carbocycles. The number of hydrogen-bond acceptors (Lipinski definition) is 6. The molecule has 2 heterocycles. The van der Waals surface area contributed by atoms with E-state index in [1.165, 1.54) is 10.6 Å². The van der Waals surface area contributed by atoms with Crippen molar-refractivity contribution < 1.29 is 22.7 Å². The minimum atomic E-state index is -3.19. The highest BCUT2D eigenvalue weighted by Gasteiger charge is 2.38. The summed E-state index contributed by atoms with van der Waals surface area (Å²) in [5.74, 6) is 0.448. The quantitative estimate of drug-likeness (QED) is 0.583. The first-order valence-electron chi connectivity index (χ1n) is 11.8. The molecule has 1 fully saturated rings. The topological polar surface area (TPSA) is 96.3 Å². The molecule has 4 rings (SSSR count). The lowest BCUT2D eigenvalue weighted by molar-refractivity contribution is -0.133. The van der Waals surface area contributed by atoms with Crippen LogP contribution in [-0.2, 0) is 26.0 Å². The van der Waals surface area contributed by atoms with Gasteiger partial charge in [-0.05, 0) is 47.7 Å². The maximum Gasteiger partial charge on any atom is 0.274 e. The predicted octanol–water partition coefficient (Wildman–Crippen LogP) is 3.52. The summed E-state index contributed by atoms with van der Waals surface area (Å²) in [5.41, 5.74) is 3.11. The van der Waals surface area contributed by atoms with E-state index < -0.39 is 15.9 Å². The van der Waals surface area contributed by atoms with Crippen LogP contribution in [0.1, 0.15) is 50.2 Å². The molecule has 8 nitrogen and oxygen atoms in total. The van der Waals surface area contributed by atoms with Crippen LogP contribution in [0.4, 0.5) is 5.69 Å². The molecular weight excluding hydrogens is 466 g/mol. The molecule has 9 heteroatoms. The molecule has 2 aliphatic rings. The summed E-state index contributed by atoms with van der Waals surface area (Å²) in [6, 6.07) is 14.9. The molecule has 35 heavy (non-hydrogen) atoms. The number of benzene rings is 2. The van der Waals surface area contributed by atoms with Crippen LogP contribution in [0.15, 0.2) is 53.6 Å². The van der Waals surface area contributed by atoms with Crippen molar-refractivity contribution in [2.24, 2.45) is 5.10 Å². The summed E-state index contributed by atoms with van der Waals surface area (Å²) in [5, 5.41) is 5.62. The normalized spacial score (nSPS) is 19.5. The third kappa shape index (κ3) is 5.73. The minimum absolute atomic E-state index is 0.0323. The number of ether oxygens (including phenoxy) is 1. The zero-order chi connectivity index (χ0) is 25.2. The van der Waals surface area contributed by atoms with Gasteiger partial charge in [-0.25, -0.2) is 13.4 Å². The number of methoxy groups -OCH3 is 1. The van der Waals surface area contributed by atoms with Crippen molar-refractivity contribution in [1.82, 2.24) is 5.01 Å². The van der Waals surface area contributed by atoms with E-state index in [-0.39, 0.29) is 41.9 Å². The molecular formula is C26H31N3O5S. The average molecular weight is 498 g/mol. The van der Waals surface area contributed by atoms with Crippen molar-refractivity contribution >= 4 is 33.1 Å². The molecule has 0 N–H and O–H groups in total. The first-order valence-corrected chi connectivity index (χ1v) is 13.6. The second-order valence-electron chi connectivity index (χ2n) is 9.33. The van der Waals surface area contributed by atoms with Crippen molar-refractivity contribution in [3.8, 4) is 5.75 Å². The SMILES string of the molecule is COc1ccc(N(Cc2ccc(C(C)C)cc2)C(=O)C2=NN(C3CCS(=O)(=O)C3)C(=O)CC2)cc1. The van der Waals surface area contributed by atoms with Gasteiger partial charge in [0.2, 0.25) is 5.91 Å². The van der Waals surface area contributed by atoms with Crippen LogP contribution in [0.5, 0.6) is 5.75 Å². The van der Waals surface area contributed by atoms with Crippen LogP contribution in [-0.4, -0.2) is 55.6 Å². The largest absolute Gasteiger partial charge is 0.497 e.